The molecule has 136 valence electrons. The molecule has 2 rings (SSSR count). The number of hydrogen-bond acceptors (Lipinski definition) is 8. The van der Waals surface area contributed by atoms with Gasteiger partial charge in [0.05, 0.1) is 0 Å². The Bertz CT molecular complexity index is 795. The van der Waals surface area contributed by atoms with Gasteiger partial charge in [0.2, 0.25) is 11.7 Å². The van der Waals surface area contributed by atoms with Crippen LogP contribution >= 0.6 is 0 Å². The first-order valence-corrected chi connectivity index (χ1v) is 7.86. The summed E-state index contributed by atoms with van der Waals surface area (Å²) >= 11 is 0. The number of rotatable bonds is 8. The molecular weight excluding hydrogens is 338 g/mol. The van der Waals surface area contributed by atoms with E-state index in [-0.39, 0.29) is 11.7 Å². The number of Topliss-reactive ketones (excluding diaryl/α,β-unsaturated/α-hetero) is 1. The van der Waals surface area contributed by atoms with E-state index < -0.39 is 11.8 Å². The quantitative estimate of drug-likeness (QED) is 0.365. The van der Waals surface area contributed by atoms with Crippen LogP contribution in [0.15, 0.2) is 36.4 Å². The summed E-state index contributed by atoms with van der Waals surface area (Å²) in [6.45, 7) is 3.40. The van der Waals surface area contributed by atoms with Crippen LogP contribution in [-0.4, -0.2) is 40.7 Å². The minimum Gasteiger partial charge on any atom is -0.368 e. The van der Waals surface area contributed by atoms with E-state index in [1.54, 1.807) is 0 Å². The first-order valence-electron chi connectivity index (χ1n) is 7.86. The molecule has 0 spiro atoms. The summed E-state index contributed by atoms with van der Waals surface area (Å²) in [5.74, 6) is -0.816. The lowest BCUT2D eigenvalue weighted by molar-refractivity contribution is -0.150. The molecule has 2 aromatic rings. The number of nitrogens with zero attached hydrogens (tertiary/aromatic N) is 2. The predicted octanol–water partition coefficient (Wildman–Crippen LogP) is 1.15. The van der Waals surface area contributed by atoms with Crippen LogP contribution in [0.3, 0.4) is 0 Å². The molecule has 0 aliphatic heterocycles. The summed E-state index contributed by atoms with van der Waals surface area (Å²) in [7, 11) is 0. The zero-order chi connectivity index (χ0) is 18.9. The first kappa shape index (κ1) is 18.8. The fourth-order valence-electron chi connectivity index (χ4n) is 1.91. The highest BCUT2D eigenvalue weighted by Gasteiger charge is 2.12. The summed E-state index contributed by atoms with van der Waals surface area (Å²) in [6, 6.07) is 10.8. The Morgan fingerprint density at radius 1 is 1.00 bits per heavy atom. The van der Waals surface area contributed by atoms with Crippen LogP contribution in [0.25, 0.3) is 11.4 Å². The van der Waals surface area contributed by atoms with Crippen molar-refractivity contribution in [1.82, 2.24) is 15.3 Å². The summed E-state index contributed by atoms with van der Waals surface area (Å²) < 4.78 is 0. The van der Waals surface area contributed by atoms with Crippen molar-refractivity contribution < 1.29 is 19.2 Å². The average molecular weight is 357 g/mol. The van der Waals surface area contributed by atoms with Crippen molar-refractivity contribution in [3.8, 4) is 11.4 Å². The topological polar surface area (TPSA) is 122 Å². The molecule has 0 aliphatic rings. The number of ketones is 1. The number of nitrogens with one attached hydrogen (secondary N) is 3. The zero-order valence-corrected chi connectivity index (χ0v) is 14.4. The molecule has 0 saturated heterocycles. The standard InChI is InChI=1S/C17H19N5O4/c1-11(23)17(25)26-22-15-10-14(19-9-8-18-12(2)24)20-16(21-15)13-6-4-3-5-7-13/h3-7,10H,8-9H2,1-2H3,(H,18,24)(H2,19,20,21,22). The van der Waals surface area contributed by atoms with Crippen LogP contribution in [0.4, 0.5) is 11.6 Å². The van der Waals surface area contributed by atoms with Crippen molar-refractivity contribution >= 4 is 29.3 Å². The van der Waals surface area contributed by atoms with Crippen LogP contribution in [0, 0.1) is 0 Å². The molecule has 1 heterocycles. The summed E-state index contributed by atoms with van der Waals surface area (Å²) in [5.41, 5.74) is 3.12. The van der Waals surface area contributed by atoms with Crippen molar-refractivity contribution in [2.75, 3.05) is 23.9 Å². The van der Waals surface area contributed by atoms with Crippen molar-refractivity contribution in [1.29, 1.82) is 0 Å². The van der Waals surface area contributed by atoms with E-state index in [1.807, 2.05) is 30.3 Å². The predicted molar refractivity (Wildman–Crippen MR) is 95.0 cm³/mol. The fraction of sp³-hybridized carbons (Fsp3) is 0.235. The second-order valence-corrected chi connectivity index (χ2v) is 5.29. The molecule has 9 heteroatoms. The van der Waals surface area contributed by atoms with Crippen LogP contribution in [0.2, 0.25) is 0 Å². The number of carbonyl (C=O) groups is 3. The molecule has 0 unspecified atom stereocenters. The maximum absolute atomic E-state index is 11.3. The first-order chi connectivity index (χ1) is 12.5. The lowest BCUT2D eigenvalue weighted by Gasteiger charge is -2.11. The van der Waals surface area contributed by atoms with Gasteiger partial charge >= 0.3 is 5.97 Å². The fourth-order valence-corrected chi connectivity index (χ4v) is 1.91. The van der Waals surface area contributed by atoms with Crippen LogP contribution in [0.1, 0.15) is 13.8 Å². The van der Waals surface area contributed by atoms with Gasteiger partial charge in [-0.3, -0.25) is 9.59 Å². The van der Waals surface area contributed by atoms with E-state index in [1.165, 1.54) is 13.0 Å². The van der Waals surface area contributed by atoms with Crippen molar-refractivity contribution in [3.05, 3.63) is 36.4 Å². The highest BCUT2D eigenvalue weighted by atomic mass is 16.7. The third-order valence-corrected chi connectivity index (χ3v) is 3.10. The van der Waals surface area contributed by atoms with Gasteiger partial charge in [-0.15, -0.1) is 0 Å². The van der Waals surface area contributed by atoms with E-state index in [9.17, 15) is 14.4 Å². The molecular formula is C17H19N5O4. The van der Waals surface area contributed by atoms with Gasteiger partial charge in [-0.05, 0) is 0 Å². The lowest BCUT2D eigenvalue weighted by Crippen LogP contribution is -2.26. The van der Waals surface area contributed by atoms with Gasteiger partial charge in [0.1, 0.15) is 5.82 Å². The average Bonchev–Trinajstić information content (AvgIpc) is 2.63. The molecule has 26 heavy (non-hydrogen) atoms. The van der Waals surface area contributed by atoms with E-state index >= 15 is 0 Å². The van der Waals surface area contributed by atoms with Gasteiger partial charge in [-0.1, -0.05) is 30.3 Å². The third kappa shape index (κ3) is 5.86. The second kappa shape index (κ2) is 9.11. The van der Waals surface area contributed by atoms with Gasteiger partial charge in [0, 0.05) is 38.6 Å². The van der Waals surface area contributed by atoms with E-state index in [4.69, 9.17) is 0 Å². The minimum absolute atomic E-state index is 0.127. The van der Waals surface area contributed by atoms with Crippen LogP contribution in [-0.2, 0) is 19.2 Å². The maximum atomic E-state index is 11.3. The van der Waals surface area contributed by atoms with E-state index in [2.05, 4.69) is 30.9 Å². The number of anilines is 2. The SMILES string of the molecule is CC(=O)NCCNc1cc(NOC(=O)C(C)=O)nc(-c2ccccc2)n1. The third-order valence-electron chi connectivity index (χ3n) is 3.10. The Labute approximate surface area is 150 Å². The molecule has 0 atom stereocenters. The molecule has 9 nitrogen and oxygen atoms in total. The number of amides is 1. The second-order valence-electron chi connectivity index (χ2n) is 5.29. The van der Waals surface area contributed by atoms with Gasteiger partial charge in [0.25, 0.3) is 0 Å². The molecule has 0 aliphatic carbocycles. The number of aromatic nitrogens is 2. The van der Waals surface area contributed by atoms with Crippen LogP contribution < -0.4 is 16.1 Å². The largest absolute Gasteiger partial charge is 0.398 e. The summed E-state index contributed by atoms with van der Waals surface area (Å²) in [5, 5.41) is 5.71. The van der Waals surface area contributed by atoms with Crippen molar-refractivity contribution in [2.24, 2.45) is 0 Å². The Morgan fingerprint density at radius 3 is 2.35 bits per heavy atom. The smallest absolute Gasteiger partial charge is 0.368 e. The van der Waals surface area contributed by atoms with Gasteiger partial charge < -0.3 is 15.5 Å². The Morgan fingerprint density at radius 2 is 1.69 bits per heavy atom. The zero-order valence-electron chi connectivity index (χ0n) is 14.4. The molecule has 3 N–H and O–H groups in total. The van der Waals surface area contributed by atoms with Crippen LogP contribution in [0.5, 0.6) is 0 Å². The Hall–Kier alpha value is -3.49. The molecule has 0 fully saturated rings. The van der Waals surface area contributed by atoms with E-state index in [0.717, 1.165) is 12.5 Å². The maximum Gasteiger partial charge on any atom is 0.398 e. The molecule has 1 aromatic heterocycles. The molecule has 1 aromatic carbocycles. The van der Waals surface area contributed by atoms with Crippen molar-refractivity contribution in [3.63, 3.8) is 0 Å². The number of benzene rings is 1. The molecule has 1 amide bonds. The van der Waals surface area contributed by atoms with Gasteiger partial charge in [-0.2, -0.15) is 5.48 Å². The Kier molecular flexibility index (Phi) is 6.60. The lowest BCUT2D eigenvalue weighted by atomic mass is 10.2. The molecule has 0 bridgehead atoms. The van der Waals surface area contributed by atoms with Gasteiger partial charge in [-0.25, -0.2) is 14.8 Å². The highest BCUT2D eigenvalue weighted by Crippen LogP contribution is 2.20. The van der Waals surface area contributed by atoms with Gasteiger partial charge in [0.15, 0.2) is 11.6 Å². The molecule has 0 saturated carbocycles. The summed E-state index contributed by atoms with van der Waals surface area (Å²) in [4.78, 5) is 46.5. The number of carbonyl (C=O) groups excluding carboxylic acids is 3. The Balaban J connectivity index is 2.17. The van der Waals surface area contributed by atoms with E-state index in [0.29, 0.717) is 24.7 Å². The number of hydrogen-bond donors (Lipinski definition) is 3. The normalized spacial score (nSPS) is 9.92. The minimum atomic E-state index is -1.02. The monoisotopic (exact) mass is 357 g/mol. The van der Waals surface area contributed by atoms with Crippen molar-refractivity contribution in [2.45, 2.75) is 13.8 Å². The molecule has 0 radical (unpaired) electrons. The summed E-state index contributed by atoms with van der Waals surface area (Å²) in [6.07, 6.45) is 0. The highest BCUT2D eigenvalue weighted by molar-refractivity contribution is 6.32.